The number of sulfonamides is 1. The number of aromatic nitrogens is 3. The van der Waals surface area contributed by atoms with Crippen molar-refractivity contribution in [1.29, 1.82) is 0 Å². The Kier molecular flexibility index (Phi) is 5.05. The van der Waals surface area contributed by atoms with Gasteiger partial charge >= 0.3 is 0 Å². The minimum absolute atomic E-state index is 0.335. The molecule has 2 heterocycles. The number of carbonyl (C=O) groups excluding carboxylic acids is 1. The highest BCUT2D eigenvalue weighted by atomic mass is 79.9. The Morgan fingerprint density at radius 3 is 2.65 bits per heavy atom. The Bertz CT molecular complexity index is 1050. The standard InChI is InChI=1S/C16H14BrN5O3S/c1-26(24,25)21-14-7-12(17)6-13(8-14)20-16(23)11-9-19-22(10-11)15-4-2-3-5-18-15/h2-10,21H,1H3,(H,20,23). The van der Waals surface area contributed by atoms with E-state index in [2.05, 4.69) is 36.1 Å². The fourth-order valence-corrected chi connectivity index (χ4v) is 3.23. The van der Waals surface area contributed by atoms with Crippen molar-refractivity contribution in [3.05, 3.63) is 65.0 Å². The van der Waals surface area contributed by atoms with Crippen molar-refractivity contribution in [2.45, 2.75) is 0 Å². The number of hydrogen-bond donors (Lipinski definition) is 2. The lowest BCUT2D eigenvalue weighted by Gasteiger charge is -2.09. The second kappa shape index (κ2) is 7.26. The molecule has 26 heavy (non-hydrogen) atoms. The molecule has 0 saturated carbocycles. The molecule has 0 saturated heterocycles. The van der Waals surface area contributed by atoms with Crippen LogP contribution in [-0.2, 0) is 10.0 Å². The Hall–Kier alpha value is -2.72. The van der Waals surface area contributed by atoms with Gasteiger partial charge in [0.25, 0.3) is 5.91 Å². The van der Waals surface area contributed by atoms with Gasteiger partial charge in [-0.15, -0.1) is 0 Å². The molecule has 0 aliphatic heterocycles. The van der Waals surface area contributed by atoms with Crippen LogP contribution in [0.25, 0.3) is 5.82 Å². The van der Waals surface area contributed by atoms with Crippen molar-refractivity contribution in [3.8, 4) is 5.82 Å². The van der Waals surface area contributed by atoms with Crippen LogP contribution in [0, 0.1) is 0 Å². The minimum Gasteiger partial charge on any atom is -0.322 e. The molecule has 0 unspecified atom stereocenters. The number of pyridine rings is 1. The van der Waals surface area contributed by atoms with Crippen molar-refractivity contribution >= 4 is 43.2 Å². The number of benzene rings is 1. The van der Waals surface area contributed by atoms with Gasteiger partial charge in [0, 0.05) is 22.6 Å². The van der Waals surface area contributed by atoms with E-state index in [1.165, 1.54) is 16.9 Å². The Morgan fingerprint density at radius 1 is 1.19 bits per heavy atom. The lowest BCUT2D eigenvalue weighted by atomic mass is 10.2. The van der Waals surface area contributed by atoms with E-state index in [1.54, 1.807) is 36.7 Å². The molecule has 0 atom stereocenters. The predicted molar refractivity (Wildman–Crippen MR) is 102 cm³/mol. The third kappa shape index (κ3) is 4.67. The number of nitrogens with zero attached hydrogens (tertiary/aromatic N) is 3. The van der Waals surface area contributed by atoms with E-state index < -0.39 is 10.0 Å². The molecule has 134 valence electrons. The molecule has 0 bridgehead atoms. The summed E-state index contributed by atoms with van der Waals surface area (Å²) < 4.78 is 27.2. The van der Waals surface area contributed by atoms with Gasteiger partial charge in [0.15, 0.2) is 5.82 Å². The van der Waals surface area contributed by atoms with Crippen LogP contribution in [-0.4, -0.2) is 35.3 Å². The fraction of sp³-hybridized carbons (Fsp3) is 0.0625. The Balaban J connectivity index is 1.79. The molecule has 1 aromatic carbocycles. The monoisotopic (exact) mass is 435 g/mol. The molecule has 2 N–H and O–H groups in total. The van der Waals surface area contributed by atoms with E-state index in [0.29, 0.717) is 27.2 Å². The fourth-order valence-electron chi connectivity index (χ4n) is 2.19. The van der Waals surface area contributed by atoms with Gasteiger partial charge in [-0.05, 0) is 30.3 Å². The smallest absolute Gasteiger partial charge is 0.258 e. The summed E-state index contributed by atoms with van der Waals surface area (Å²) in [5, 5.41) is 6.84. The predicted octanol–water partition coefficient (Wildman–Crippen LogP) is 2.65. The van der Waals surface area contributed by atoms with Gasteiger partial charge in [0.2, 0.25) is 10.0 Å². The Labute approximate surface area is 158 Å². The first-order valence-corrected chi connectivity index (χ1v) is 10.0. The molecule has 0 spiro atoms. The van der Waals surface area contributed by atoms with E-state index in [4.69, 9.17) is 0 Å². The molecule has 0 fully saturated rings. The first-order chi connectivity index (χ1) is 12.3. The molecule has 2 aromatic heterocycles. The zero-order chi connectivity index (χ0) is 18.7. The highest BCUT2D eigenvalue weighted by Gasteiger charge is 2.12. The molecule has 10 heteroatoms. The minimum atomic E-state index is -3.42. The number of rotatable bonds is 5. The van der Waals surface area contributed by atoms with Gasteiger partial charge < -0.3 is 5.32 Å². The highest BCUT2D eigenvalue weighted by molar-refractivity contribution is 9.10. The van der Waals surface area contributed by atoms with Crippen molar-refractivity contribution in [1.82, 2.24) is 14.8 Å². The van der Waals surface area contributed by atoms with Gasteiger partial charge in [-0.25, -0.2) is 18.1 Å². The quantitative estimate of drug-likeness (QED) is 0.640. The van der Waals surface area contributed by atoms with Crippen molar-refractivity contribution in [2.24, 2.45) is 0 Å². The zero-order valence-electron chi connectivity index (χ0n) is 13.5. The molecule has 3 rings (SSSR count). The summed E-state index contributed by atoms with van der Waals surface area (Å²) in [5.41, 5.74) is 1.11. The third-order valence-electron chi connectivity index (χ3n) is 3.19. The van der Waals surface area contributed by atoms with Gasteiger partial charge in [0.1, 0.15) is 0 Å². The molecule has 8 nitrogen and oxygen atoms in total. The number of amides is 1. The van der Waals surface area contributed by atoms with Crippen LogP contribution >= 0.6 is 15.9 Å². The lowest BCUT2D eigenvalue weighted by Crippen LogP contribution is -2.13. The number of halogens is 1. The second-order valence-electron chi connectivity index (χ2n) is 5.42. The maximum atomic E-state index is 12.4. The molecular weight excluding hydrogens is 422 g/mol. The normalized spacial score (nSPS) is 11.2. The van der Waals surface area contributed by atoms with Crippen LogP contribution in [0.1, 0.15) is 10.4 Å². The summed E-state index contributed by atoms with van der Waals surface area (Å²) in [6.45, 7) is 0. The van der Waals surface area contributed by atoms with E-state index in [1.807, 2.05) is 6.07 Å². The van der Waals surface area contributed by atoms with Crippen LogP contribution in [0.3, 0.4) is 0 Å². The van der Waals surface area contributed by atoms with Crippen molar-refractivity contribution in [2.75, 3.05) is 16.3 Å². The van der Waals surface area contributed by atoms with Gasteiger partial charge in [-0.1, -0.05) is 22.0 Å². The molecule has 0 radical (unpaired) electrons. The number of anilines is 2. The number of hydrogen-bond acceptors (Lipinski definition) is 5. The zero-order valence-corrected chi connectivity index (χ0v) is 16.0. The largest absolute Gasteiger partial charge is 0.322 e. The SMILES string of the molecule is CS(=O)(=O)Nc1cc(Br)cc(NC(=O)c2cnn(-c3ccccn3)c2)c1. The van der Waals surface area contributed by atoms with Crippen LogP contribution in [0.5, 0.6) is 0 Å². The van der Waals surface area contributed by atoms with E-state index >= 15 is 0 Å². The van der Waals surface area contributed by atoms with Crippen molar-refractivity contribution in [3.63, 3.8) is 0 Å². The molecule has 1 amide bonds. The number of carbonyl (C=O) groups is 1. The molecule has 0 aliphatic carbocycles. The van der Waals surface area contributed by atoms with Gasteiger partial charge in [-0.2, -0.15) is 5.10 Å². The van der Waals surface area contributed by atoms with Gasteiger partial charge in [0.05, 0.1) is 23.7 Å². The van der Waals surface area contributed by atoms with Crippen LogP contribution in [0.2, 0.25) is 0 Å². The topological polar surface area (TPSA) is 106 Å². The molecular formula is C16H14BrN5O3S. The lowest BCUT2D eigenvalue weighted by molar-refractivity contribution is 0.102. The van der Waals surface area contributed by atoms with Crippen LogP contribution < -0.4 is 10.0 Å². The maximum Gasteiger partial charge on any atom is 0.258 e. The summed E-state index contributed by atoms with van der Waals surface area (Å²) in [4.78, 5) is 16.6. The summed E-state index contributed by atoms with van der Waals surface area (Å²) in [5.74, 6) is 0.212. The summed E-state index contributed by atoms with van der Waals surface area (Å²) in [6, 6.07) is 10.2. The first kappa shape index (κ1) is 18.1. The van der Waals surface area contributed by atoms with Crippen molar-refractivity contribution < 1.29 is 13.2 Å². The highest BCUT2D eigenvalue weighted by Crippen LogP contribution is 2.24. The number of nitrogens with one attached hydrogen (secondary N) is 2. The van der Waals surface area contributed by atoms with Crippen LogP contribution in [0.15, 0.2) is 59.5 Å². The van der Waals surface area contributed by atoms with Crippen LogP contribution in [0.4, 0.5) is 11.4 Å². The average Bonchev–Trinajstić information content (AvgIpc) is 3.03. The second-order valence-corrected chi connectivity index (χ2v) is 8.08. The maximum absolute atomic E-state index is 12.4. The summed E-state index contributed by atoms with van der Waals surface area (Å²) in [6.07, 6.45) is 5.68. The van der Waals surface area contributed by atoms with E-state index in [0.717, 1.165) is 6.26 Å². The van der Waals surface area contributed by atoms with Gasteiger partial charge in [-0.3, -0.25) is 9.52 Å². The summed E-state index contributed by atoms with van der Waals surface area (Å²) >= 11 is 3.29. The Morgan fingerprint density at radius 2 is 1.96 bits per heavy atom. The third-order valence-corrected chi connectivity index (χ3v) is 4.25. The molecule has 0 aliphatic rings. The van der Waals surface area contributed by atoms with E-state index in [9.17, 15) is 13.2 Å². The first-order valence-electron chi connectivity index (χ1n) is 7.36. The van der Waals surface area contributed by atoms with E-state index in [-0.39, 0.29) is 5.91 Å². The summed E-state index contributed by atoms with van der Waals surface area (Å²) in [7, 11) is -3.42. The molecule has 3 aromatic rings. The average molecular weight is 436 g/mol.